The highest BCUT2D eigenvalue weighted by atomic mass is 29.3. The van der Waals surface area contributed by atoms with Crippen molar-refractivity contribution in [2.75, 3.05) is 53.5 Å². The van der Waals surface area contributed by atoms with Gasteiger partial charge in [-0.2, -0.15) is 0 Å². The Labute approximate surface area is 414 Å². The van der Waals surface area contributed by atoms with Crippen molar-refractivity contribution in [3.8, 4) is 0 Å². The molecule has 1 saturated heterocycles. The molecule has 1 fully saturated rings. The van der Waals surface area contributed by atoms with E-state index in [1.165, 1.54) is 0 Å². The number of nitrogens with one attached hydrogen (secondary N) is 2. The molecule has 0 bridgehead atoms. The Morgan fingerprint density at radius 3 is 0.875 bits per heavy atom. The first kappa shape index (κ1) is 80.0. The number of hydrogen-bond donors (Lipinski definition) is 4. The van der Waals surface area contributed by atoms with Crippen LogP contribution in [0.15, 0.2) is 0 Å². The van der Waals surface area contributed by atoms with Gasteiger partial charge in [-0.3, -0.25) is 0 Å². The minimum absolute atomic E-state index is 0. The Balaban J connectivity index is -0.000000138. The Hall–Kier alpha value is 1.87. The van der Waals surface area contributed by atoms with E-state index in [0.717, 1.165) is 51.1 Å². The fourth-order valence-corrected chi connectivity index (χ4v) is 54.1. The fraction of sp³-hybridized carbons (Fsp3) is 1.00. The van der Waals surface area contributed by atoms with E-state index in [1.807, 2.05) is 0 Å². The molecule has 1 unspecified atom stereocenters. The SMILES string of the molecule is C.C.C.C.CO[Si](C)(CCCNCCN)OC.C[Si](C)(C)O[Si](C)(C)C.C[Si](C)(C)O[Si](C)(CCCNCCN)O[Si](C)(C)[Si](C)(C)C.C[Si]1(C)O[Si](C)(C)O[Si](C)(C)O[Si](C)(C)O1. The molecule has 0 aromatic rings. The maximum Gasteiger partial charge on any atom is 0.334 e. The van der Waals surface area contributed by atoms with Gasteiger partial charge in [0.15, 0.2) is 32.8 Å². The molecule has 0 amide bonds. The molecule has 398 valence electrons. The molecule has 0 aromatic carbocycles. The van der Waals surface area contributed by atoms with Crippen LogP contribution in [0.5, 0.6) is 0 Å². The maximum absolute atomic E-state index is 6.87. The standard InChI is InChI=1S/C14H40N2O2Si4.C8H22N2O2Si.C8H24O4Si4.C6H18OSi2.4CH4/c1-19(2,3)17-22(9,14-10-12-16-13-11-15)18-21(7,8)20(4,5)6;1-11-13(3,12-2)8-4-6-10-7-5-9;1-13(2)9-14(3,4)11-16(7,8)12-15(5,6)10-13;1-8(2,3)7-9(4,5)6;;;;/h16H,10-15H2,1-9H3;10H,4-9H2,1-3H3;1-8H3;1-6H3;4*1H4. The summed E-state index contributed by atoms with van der Waals surface area (Å²) in [6.07, 6.45) is 2.20. The van der Waals surface area contributed by atoms with Crippen LogP contribution in [-0.2, 0) is 37.7 Å². The summed E-state index contributed by atoms with van der Waals surface area (Å²) >= 11 is 0. The molecule has 1 atom stereocenters. The summed E-state index contributed by atoms with van der Waals surface area (Å²) in [6.45, 7) is 58.5. The summed E-state index contributed by atoms with van der Waals surface area (Å²) in [7, 11) is -15.9. The van der Waals surface area contributed by atoms with Crippen LogP contribution in [0.2, 0.25) is 169 Å². The van der Waals surface area contributed by atoms with Crippen LogP contribution >= 0.6 is 0 Å². The lowest BCUT2D eigenvalue weighted by molar-refractivity contribution is 0.238. The minimum atomic E-state index is -2.11. The molecule has 0 spiro atoms. The van der Waals surface area contributed by atoms with E-state index in [1.54, 1.807) is 14.2 Å². The second-order valence-corrected chi connectivity index (χ2v) is 73.9. The lowest BCUT2D eigenvalue weighted by Crippen LogP contribution is -2.64. The molecule has 64 heavy (non-hydrogen) atoms. The van der Waals surface area contributed by atoms with Crippen LogP contribution in [0.4, 0.5) is 0 Å². The molecule has 1 aliphatic heterocycles. The van der Waals surface area contributed by atoms with Gasteiger partial charge in [0.25, 0.3) is 0 Å². The normalized spacial score (nSPS) is 18.0. The zero-order valence-electron chi connectivity index (χ0n) is 44.4. The second kappa shape index (κ2) is 33.5. The van der Waals surface area contributed by atoms with Gasteiger partial charge in [-0.1, -0.05) is 49.3 Å². The molecule has 1 aliphatic rings. The van der Waals surface area contributed by atoms with Gasteiger partial charge < -0.3 is 59.8 Å². The van der Waals surface area contributed by atoms with Crippen LogP contribution in [0.1, 0.15) is 42.5 Å². The van der Waals surface area contributed by atoms with Crippen molar-refractivity contribution >= 4 is 91.7 Å². The van der Waals surface area contributed by atoms with Crippen molar-refractivity contribution in [1.29, 1.82) is 0 Å². The van der Waals surface area contributed by atoms with Crippen LogP contribution in [-0.4, -0.2) is 145 Å². The summed E-state index contributed by atoms with van der Waals surface area (Å²) in [6, 6.07) is 2.10. The van der Waals surface area contributed by atoms with E-state index in [4.69, 9.17) is 49.1 Å². The average Bonchev–Trinajstić information content (AvgIpc) is 2.95. The smallest absolute Gasteiger partial charge is 0.334 e. The summed E-state index contributed by atoms with van der Waals surface area (Å²) in [5.41, 5.74) is 10.9. The molecule has 1 rings (SSSR count). The van der Waals surface area contributed by atoms with Gasteiger partial charge in [0.2, 0.25) is 0 Å². The van der Waals surface area contributed by atoms with Crippen molar-refractivity contribution in [2.24, 2.45) is 11.5 Å². The highest BCUT2D eigenvalue weighted by Crippen LogP contribution is 2.31. The minimum Gasteiger partial charge on any atom is -0.456 e. The van der Waals surface area contributed by atoms with Gasteiger partial charge >= 0.3 is 51.4 Å². The predicted molar refractivity (Wildman–Crippen MR) is 315 cm³/mol. The topological polar surface area (TPSA) is 159 Å². The van der Waals surface area contributed by atoms with Gasteiger partial charge in [-0.15, -0.1) is 0 Å². The number of nitrogens with two attached hydrogens (primary N) is 2. The Bertz CT molecular complexity index is 1070. The van der Waals surface area contributed by atoms with E-state index in [-0.39, 0.29) is 29.7 Å². The quantitative estimate of drug-likeness (QED) is 0.0636. The van der Waals surface area contributed by atoms with Crippen LogP contribution in [0.25, 0.3) is 0 Å². The average molecular weight is 1110 g/mol. The van der Waals surface area contributed by atoms with E-state index >= 15 is 0 Å². The van der Waals surface area contributed by atoms with Crippen molar-refractivity contribution in [2.45, 2.75) is 212 Å². The zero-order valence-corrected chi connectivity index (χ0v) is 55.4. The third kappa shape index (κ3) is 45.0. The van der Waals surface area contributed by atoms with Crippen LogP contribution in [0.3, 0.4) is 0 Å². The van der Waals surface area contributed by atoms with Gasteiger partial charge in [0.05, 0.1) is 7.59 Å². The summed E-state index contributed by atoms with van der Waals surface area (Å²) < 4.78 is 54.8. The van der Waals surface area contributed by atoms with E-state index in [2.05, 4.69) is 168 Å². The van der Waals surface area contributed by atoms with E-state index in [0.29, 0.717) is 13.1 Å². The lowest BCUT2D eigenvalue weighted by atomic mass is 10.5. The Morgan fingerprint density at radius 1 is 0.406 bits per heavy atom. The first-order chi connectivity index (χ1) is 26.4. The molecule has 0 radical (unpaired) electrons. The molecule has 6 N–H and O–H groups in total. The summed E-state index contributed by atoms with van der Waals surface area (Å²) in [4.78, 5) is 0. The van der Waals surface area contributed by atoms with Gasteiger partial charge in [0.1, 0.15) is 0 Å². The second-order valence-electron chi connectivity index (χ2n) is 22.4. The molecule has 0 saturated carbocycles. The van der Waals surface area contributed by atoms with E-state index < -0.39 is 91.7 Å². The largest absolute Gasteiger partial charge is 0.456 e. The van der Waals surface area contributed by atoms with Crippen molar-refractivity contribution < 1.29 is 37.7 Å². The van der Waals surface area contributed by atoms with Crippen molar-refractivity contribution in [3.05, 3.63) is 0 Å². The lowest BCUT2D eigenvalue weighted by Gasteiger charge is -2.46. The Morgan fingerprint density at radius 2 is 0.672 bits per heavy atom. The van der Waals surface area contributed by atoms with Gasteiger partial charge in [0, 0.05) is 40.4 Å². The highest BCUT2D eigenvalue weighted by molar-refractivity contribution is 7.38. The molecule has 1 heterocycles. The van der Waals surface area contributed by atoms with Crippen LogP contribution in [0, 0.1) is 0 Å². The van der Waals surface area contributed by atoms with Crippen molar-refractivity contribution in [3.63, 3.8) is 0 Å². The summed E-state index contributed by atoms with van der Waals surface area (Å²) in [5, 5.41) is 6.62. The third-order valence-corrected chi connectivity index (χ3v) is 57.0. The number of rotatable bonds is 21. The maximum atomic E-state index is 6.87. The zero-order chi connectivity index (χ0) is 48.3. The highest BCUT2D eigenvalue weighted by Gasteiger charge is 2.51. The first-order valence-corrected chi connectivity index (χ1v) is 56.2. The molecule has 24 heteroatoms. The number of hydrogen-bond acceptors (Lipinski definition) is 13. The monoisotopic (exact) mass is 1110 g/mol. The Kier molecular flexibility index (Phi) is 41.9. The fourth-order valence-electron chi connectivity index (χ4n) is 6.64. The van der Waals surface area contributed by atoms with E-state index in [9.17, 15) is 0 Å². The van der Waals surface area contributed by atoms with Crippen molar-refractivity contribution in [1.82, 2.24) is 10.6 Å². The molecular formula is C40H120N4O9Si11. The van der Waals surface area contributed by atoms with Gasteiger partial charge in [-0.25, -0.2) is 0 Å². The molecule has 0 aromatic heterocycles. The molecule has 0 aliphatic carbocycles. The summed E-state index contributed by atoms with van der Waals surface area (Å²) in [5.74, 6) is 0. The first-order valence-electron chi connectivity index (χ1n) is 22.3. The molecular weight excluding hydrogens is 989 g/mol. The predicted octanol–water partition coefficient (Wildman–Crippen LogP) is 11.9. The third-order valence-electron chi connectivity index (χ3n) is 8.85. The van der Waals surface area contributed by atoms with Gasteiger partial charge in [-0.05, 0) is 176 Å². The molecule has 13 nitrogen and oxygen atoms in total. The van der Waals surface area contributed by atoms with Crippen LogP contribution < -0.4 is 22.1 Å².